The van der Waals surface area contributed by atoms with E-state index in [0.717, 1.165) is 11.3 Å². The van der Waals surface area contributed by atoms with Gasteiger partial charge in [0.2, 0.25) is 6.79 Å². The summed E-state index contributed by atoms with van der Waals surface area (Å²) in [6, 6.07) is 11.2. The maximum atomic E-state index is 13.8. The summed E-state index contributed by atoms with van der Waals surface area (Å²) in [5.41, 5.74) is 3.51. The van der Waals surface area contributed by atoms with Gasteiger partial charge in [0.05, 0.1) is 13.7 Å². The molecule has 5 rings (SSSR count). The summed E-state index contributed by atoms with van der Waals surface area (Å²) in [7, 11) is 1.62. The molecule has 0 radical (unpaired) electrons. The third-order valence-corrected chi connectivity index (χ3v) is 7.44. The minimum atomic E-state index is -0.767. The lowest BCUT2D eigenvalue weighted by molar-refractivity contribution is -0.147. The molecule has 1 aliphatic carbocycles. The summed E-state index contributed by atoms with van der Waals surface area (Å²) in [4.78, 5) is 32.0. The van der Waals surface area contributed by atoms with Crippen molar-refractivity contribution in [2.24, 2.45) is 16.8 Å². The Morgan fingerprint density at radius 1 is 1.14 bits per heavy atom. The molecule has 0 bridgehead atoms. The van der Waals surface area contributed by atoms with Crippen molar-refractivity contribution in [2.45, 2.75) is 45.4 Å². The van der Waals surface area contributed by atoms with Crippen molar-refractivity contribution in [3.63, 3.8) is 0 Å². The fraction of sp³-hybridized carbons (Fsp3) is 0.414. The predicted octanol–water partition coefficient (Wildman–Crippen LogP) is 5.85. The molecule has 37 heavy (non-hydrogen) atoms. The molecule has 194 valence electrons. The van der Waals surface area contributed by atoms with Crippen molar-refractivity contribution in [3.8, 4) is 17.2 Å². The average molecular weight is 524 g/mol. The van der Waals surface area contributed by atoms with Crippen LogP contribution in [0.5, 0.6) is 17.2 Å². The highest BCUT2D eigenvalue weighted by Crippen LogP contribution is 2.50. The summed E-state index contributed by atoms with van der Waals surface area (Å²) >= 11 is 6.75. The van der Waals surface area contributed by atoms with Crippen LogP contribution in [0.15, 0.2) is 52.7 Å². The minimum Gasteiger partial charge on any atom is -0.497 e. The number of Topliss-reactive ketones (excluding diaryl/α,β-unsaturated/α-hetero) is 1. The second-order valence-electron chi connectivity index (χ2n) is 10.1. The van der Waals surface area contributed by atoms with Crippen LogP contribution >= 0.6 is 11.6 Å². The first kappa shape index (κ1) is 25.3. The number of halogens is 1. The van der Waals surface area contributed by atoms with Gasteiger partial charge in [0.1, 0.15) is 11.7 Å². The number of ketones is 1. The minimum absolute atomic E-state index is 0.0222. The van der Waals surface area contributed by atoms with Gasteiger partial charge >= 0.3 is 5.97 Å². The molecule has 0 aromatic heterocycles. The second kappa shape index (κ2) is 10.2. The van der Waals surface area contributed by atoms with Crippen LogP contribution in [0, 0.1) is 11.8 Å². The van der Waals surface area contributed by atoms with Gasteiger partial charge in [0.15, 0.2) is 17.3 Å². The molecule has 3 aliphatic rings. The van der Waals surface area contributed by atoms with E-state index in [1.54, 1.807) is 19.2 Å². The van der Waals surface area contributed by atoms with E-state index >= 15 is 0 Å². The zero-order valence-corrected chi connectivity index (χ0v) is 22.1. The number of carbonyl (C=O) groups is 2. The normalized spacial score (nSPS) is 22.6. The van der Waals surface area contributed by atoms with Crippen molar-refractivity contribution >= 4 is 29.1 Å². The van der Waals surface area contributed by atoms with Gasteiger partial charge in [-0.3, -0.25) is 14.6 Å². The number of allylic oxidation sites excluding steroid dienone is 2. The van der Waals surface area contributed by atoms with Gasteiger partial charge in [-0.25, -0.2) is 0 Å². The van der Waals surface area contributed by atoms with Gasteiger partial charge in [-0.2, -0.15) is 0 Å². The fourth-order valence-corrected chi connectivity index (χ4v) is 5.59. The Kier molecular flexibility index (Phi) is 6.99. The number of fused-ring (bicyclic) bond motifs is 1. The van der Waals surface area contributed by atoms with Crippen molar-refractivity contribution < 1.29 is 28.5 Å². The lowest BCUT2D eigenvalue weighted by atomic mass is 9.69. The van der Waals surface area contributed by atoms with E-state index in [4.69, 9.17) is 35.5 Å². The molecule has 1 unspecified atom stereocenters. The van der Waals surface area contributed by atoms with E-state index in [1.165, 1.54) is 0 Å². The first-order chi connectivity index (χ1) is 17.8. The van der Waals surface area contributed by atoms with Crippen LogP contribution in [0.3, 0.4) is 0 Å². The molecule has 2 heterocycles. The molecule has 0 amide bonds. The molecule has 8 heteroatoms. The number of hydrogen-bond donors (Lipinski definition) is 0. The van der Waals surface area contributed by atoms with Gasteiger partial charge in [-0.15, -0.1) is 0 Å². The number of ether oxygens (including phenoxy) is 4. The van der Waals surface area contributed by atoms with E-state index in [1.807, 2.05) is 45.0 Å². The summed E-state index contributed by atoms with van der Waals surface area (Å²) in [6.07, 6.45) is 0.892. The fourth-order valence-electron chi connectivity index (χ4n) is 5.32. The largest absolute Gasteiger partial charge is 0.497 e. The van der Waals surface area contributed by atoms with Crippen LogP contribution in [0.4, 0.5) is 0 Å². The van der Waals surface area contributed by atoms with Crippen LogP contribution in [-0.2, 0) is 14.3 Å². The van der Waals surface area contributed by atoms with Gasteiger partial charge in [0.25, 0.3) is 0 Å². The highest BCUT2D eigenvalue weighted by atomic mass is 35.5. The number of carbonyl (C=O) groups excluding carboxylic acids is 2. The first-order valence-electron chi connectivity index (χ1n) is 12.5. The molecular formula is C29H30ClNO6. The van der Waals surface area contributed by atoms with Crippen LogP contribution in [0.25, 0.3) is 0 Å². The molecule has 0 saturated heterocycles. The standard InChI is InChI=1S/C29H30ClNO6/c1-15(2)13-35-29(33)26-16(3)31-22-9-18(17-5-7-19(34-4)8-6-17)10-23(32)28(22)27(26)20-11-24-25(12-21(20)30)37-14-36-24/h5-8,11-12,15,18,26-27H,9-10,13-14H2,1-4H3/t18-,26?,27+/m0/s1. The third-order valence-electron chi connectivity index (χ3n) is 7.12. The quantitative estimate of drug-likeness (QED) is 0.441. The van der Waals surface area contributed by atoms with E-state index in [0.29, 0.717) is 51.9 Å². The monoisotopic (exact) mass is 523 g/mol. The summed E-state index contributed by atoms with van der Waals surface area (Å²) in [6.45, 7) is 6.15. The molecule has 2 aromatic carbocycles. The van der Waals surface area contributed by atoms with Gasteiger partial charge in [-0.05, 0) is 54.5 Å². The maximum absolute atomic E-state index is 13.8. The zero-order chi connectivity index (χ0) is 26.3. The van der Waals surface area contributed by atoms with Crippen LogP contribution < -0.4 is 14.2 Å². The third kappa shape index (κ3) is 4.85. The Balaban J connectivity index is 1.58. The second-order valence-corrected chi connectivity index (χ2v) is 10.5. The van der Waals surface area contributed by atoms with Crippen LogP contribution in [0.2, 0.25) is 5.02 Å². The Hall–Kier alpha value is -3.32. The maximum Gasteiger partial charge on any atom is 0.315 e. The van der Waals surface area contributed by atoms with Crippen molar-refractivity contribution in [1.29, 1.82) is 0 Å². The van der Waals surface area contributed by atoms with Gasteiger partial charge in [-0.1, -0.05) is 37.6 Å². The molecule has 2 aromatic rings. The SMILES string of the molecule is COc1ccc([C@@H]2CC(=O)C3=C(C2)N=C(C)C(C(=O)OCC(C)C)[C@H]3c2cc3c(cc2Cl)OCO3)cc1. The van der Waals surface area contributed by atoms with Crippen LogP contribution in [0.1, 0.15) is 56.6 Å². The molecule has 7 nitrogen and oxygen atoms in total. The molecular weight excluding hydrogens is 494 g/mol. The molecule has 3 atom stereocenters. The molecule has 0 fully saturated rings. The van der Waals surface area contributed by atoms with Crippen molar-refractivity contribution in [3.05, 3.63) is 63.8 Å². The summed E-state index contributed by atoms with van der Waals surface area (Å²) in [5, 5.41) is 0.405. The topological polar surface area (TPSA) is 83.4 Å². The Morgan fingerprint density at radius 2 is 1.84 bits per heavy atom. The number of rotatable bonds is 6. The number of benzene rings is 2. The van der Waals surface area contributed by atoms with Gasteiger partial charge in [0, 0.05) is 40.4 Å². The Labute approximate surface area is 221 Å². The van der Waals surface area contributed by atoms with E-state index in [-0.39, 0.29) is 31.0 Å². The number of aliphatic imine (C=N–C) groups is 1. The van der Waals surface area contributed by atoms with Gasteiger partial charge < -0.3 is 18.9 Å². The average Bonchev–Trinajstić information content (AvgIpc) is 3.33. The van der Waals surface area contributed by atoms with Crippen molar-refractivity contribution in [1.82, 2.24) is 0 Å². The Morgan fingerprint density at radius 3 is 2.51 bits per heavy atom. The highest BCUT2D eigenvalue weighted by Gasteiger charge is 2.46. The van der Waals surface area contributed by atoms with E-state index in [9.17, 15) is 9.59 Å². The lowest BCUT2D eigenvalue weighted by Gasteiger charge is -2.37. The number of esters is 1. The Bertz CT molecular complexity index is 1300. The number of methoxy groups -OCH3 is 1. The number of hydrogen-bond acceptors (Lipinski definition) is 7. The molecule has 0 spiro atoms. The summed E-state index contributed by atoms with van der Waals surface area (Å²) < 4.78 is 22.0. The zero-order valence-electron chi connectivity index (χ0n) is 21.4. The summed E-state index contributed by atoms with van der Waals surface area (Å²) in [5.74, 6) is 0.143. The van der Waals surface area contributed by atoms with E-state index in [2.05, 4.69) is 0 Å². The predicted molar refractivity (Wildman–Crippen MR) is 140 cm³/mol. The highest BCUT2D eigenvalue weighted by molar-refractivity contribution is 6.32. The molecule has 2 aliphatic heterocycles. The number of nitrogens with zero attached hydrogens (tertiary/aromatic N) is 1. The lowest BCUT2D eigenvalue weighted by Crippen LogP contribution is -2.38. The molecule has 0 saturated carbocycles. The van der Waals surface area contributed by atoms with Crippen molar-refractivity contribution in [2.75, 3.05) is 20.5 Å². The molecule has 0 N–H and O–H groups in total. The first-order valence-corrected chi connectivity index (χ1v) is 12.9. The smallest absolute Gasteiger partial charge is 0.315 e. The van der Waals surface area contributed by atoms with Crippen LogP contribution in [-0.4, -0.2) is 38.0 Å². The van der Waals surface area contributed by atoms with E-state index < -0.39 is 17.8 Å².